The van der Waals surface area contributed by atoms with Crippen LogP contribution in [-0.4, -0.2) is 25.4 Å². The number of rotatable bonds is 3. The van der Waals surface area contributed by atoms with E-state index < -0.39 is 0 Å². The third kappa shape index (κ3) is 4.43. The van der Waals surface area contributed by atoms with E-state index in [4.69, 9.17) is 9.47 Å². The van der Waals surface area contributed by atoms with E-state index in [1.165, 1.54) is 25.7 Å². The molecule has 84 valence electrons. The normalized spacial score (nSPS) is 29.1. The van der Waals surface area contributed by atoms with Gasteiger partial charge in [0.1, 0.15) is 0 Å². The Bertz CT molecular complexity index is 152. The number of ether oxygens (including phenoxy) is 2. The smallest absolute Gasteiger partial charge is 0.0598 e. The van der Waals surface area contributed by atoms with E-state index in [-0.39, 0.29) is 5.60 Å². The molecule has 0 unspecified atom stereocenters. The maximum absolute atomic E-state index is 5.80. The summed E-state index contributed by atoms with van der Waals surface area (Å²) in [4.78, 5) is 0. The monoisotopic (exact) mass is 200 g/mol. The van der Waals surface area contributed by atoms with Gasteiger partial charge in [-0.25, -0.2) is 0 Å². The van der Waals surface area contributed by atoms with Crippen molar-refractivity contribution in [2.75, 3.05) is 13.7 Å². The molecule has 0 radical (unpaired) electrons. The summed E-state index contributed by atoms with van der Waals surface area (Å²) < 4.78 is 11.1. The van der Waals surface area contributed by atoms with Crippen LogP contribution in [0.5, 0.6) is 0 Å². The van der Waals surface area contributed by atoms with Crippen molar-refractivity contribution < 1.29 is 9.47 Å². The molecule has 0 aromatic rings. The summed E-state index contributed by atoms with van der Waals surface area (Å²) in [6.07, 6.45) is 5.42. The van der Waals surface area contributed by atoms with Crippen LogP contribution in [0.25, 0.3) is 0 Å². The topological polar surface area (TPSA) is 18.5 Å². The molecular formula is C12H24O2. The molecule has 1 saturated carbocycles. The summed E-state index contributed by atoms with van der Waals surface area (Å²) >= 11 is 0. The molecule has 0 atom stereocenters. The molecule has 1 fully saturated rings. The van der Waals surface area contributed by atoms with E-state index in [2.05, 4.69) is 20.8 Å². The highest BCUT2D eigenvalue weighted by atomic mass is 16.5. The minimum absolute atomic E-state index is 0.0120. The maximum Gasteiger partial charge on any atom is 0.0598 e. The Hall–Kier alpha value is -0.0800. The molecule has 1 aliphatic rings. The molecule has 2 nitrogen and oxygen atoms in total. The molecule has 0 bridgehead atoms. The van der Waals surface area contributed by atoms with Gasteiger partial charge in [0, 0.05) is 7.11 Å². The molecule has 0 heterocycles. The van der Waals surface area contributed by atoms with E-state index in [0.717, 1.165) is 12.5 Å². The summed E-state index contributed by atoms with van der Waals surface area (Å²) in [6.45, 7) is 7.27. The third-order valence-corrected chi connectivity index (χ3v) is 2.88. The molecule has 1 rings (SSSR count). The van der Waals surface area contributed by atoms with Crippen LogP contribution >= 0.6 is 0 Å². The molecule has 0 saturated heterocycles. The van der Waals surface area contributed by atoms with Gasteiger partial charge >= 0.3 is 0 Å². The Morgan fingerprint density at radius 3 is 2.07 bits per heavy atom. The molecule has 2 heteroatoms. The van der Waals surface area contributed by atoms with Crippen molar-refractivity contribution in [2.24, 2.45) is 5.92 Å². The molecule has 0 N–H and O–H groups in total. The van der Waals surface area contributed by atoms with Crippen molar-refractivity contribution in [3.63, 3.8) is 0 Å². The first kappa shape index (κ1) is 12.0. The molecule has 0 aliphatic heterocycles. The van der Waals surface area contributed by atoms with Crippen LogP contribution in [-0.2, 0) is 9.47 Å². The lowest BCUT2D eigenvalue weighted by molar-refractivity contribution is -0.0381. The minimum atomic E-state index is 0.0120. The summed E-state index contributed by atoms with van der Waals surface area (Å²) in [5, 5.41) is 0. The average Bonchev–Trinajstić information content (AvgIpc) is 2.14. The van der Waals surface area contributed by atoms with Crippen molar-refractivity contribution in [3.8, 4) is 0 Å². The van der Waals surface area contributed by atoms with Gasteiger partial charge in [-0.1, -0.05) is 0 Å². The lowest BCUT2D eigenvalue weighted by atomic mass is 9.88. The quantitative estimate of drug-likeness (QED) is 0.697. The molecule has 1 aliphatic carbocycles. The zero-order valence-electron chi connectivity index (χ0n) is 10.0. The van der Waals surface area contributed by atoms with Gasteiger partial charge in [-0.2, -0.15) is 0 Å². The number of hydrogen-bond donors (Lipinski definition) is 0. The molecule has 0 spiro atoms. The van der Waals surface area contributed by atoms with Gasteiger partial charge in [-0.3, -0.25) is 0 Å². The maximum atomic E-state index is 5.80. The summed E-state index contributed by atoms with van der Waals surface area (Å²) in [7, 11) is 1.82. The van der Waals surface area contributed by atoms with E-state index in [0.29, 0.717) is 6.10 Å². The van der Waals surface area contributed by atoms with Gasteiger partial charge < -0.3 is 9.47 Å². The second-order valence-corrected chi connectivity index (χ2v) is 5.30. The van der Waals surface area contributed by atoms with Crippen LogP contribution in [0.2, 0.25) is 0 Å². The Labute approximate surface area is 88.0 Å². The third-order valence-electron chi connectivity index (χ3n) is 2.88. The van der Waals surface area contributed by atoms with E-state index in [1.807, 2.05) is 7.11 Å². The highest BCUT2D eigenvalue weighted by Gasteiger charge is 2.22. The summed E-state index contributed by atoms with van der Waals surface area (Å²) in [5.74, 6) is 0.751. The van der Waals surface area contributed by atoms with Crippen molar-refractivity contribution in [2.45, 2.75) is 58.2 Å². The van der Waals surface area contributed by atoms with Crippen molar-refractivity contribution in [3.05, 3.63) is 0 Å². The van der Waals surface area contributed by atoms with E-state index >= 15 is 0 Å². The second kappa shape index (κ2) is 5.13. The summed E-state index contributed by atoms with van der Waals surface area (Å²) in [6, 6.07) is 0. The largest absolute Gasteiger partial charge is 0.381 e. The van der Waals surface area contributed by atoms with Crippen LogP contribution in [0, 0.1) is 5.92 Å². The Kier molecular flexibility index (Phi) is 4.39. The average molecular weight is 200 g/mol. The fourth-order valence-corrected chi connectivity index (χ4v) is 1.90. The zero-order valence-corrected chi connectivity index (χ0v) is 10.0. The molecule has 14 heavy (non-hydrogen) atoms. The van der Waals surface area contributed by atoms with Crippen LogP contribution in [0.3, 0.4) is 0 Å². The second-order valence-electron chi connectivity index (χ2n) is 5.30. The van der Waals surface area contributed by atoms with Crippen molar-refractivity contribution in [1.82, 2.24) is 0 Å². The van der Waals surface area contributed by atoms with E-state index in [9.17, 15) is 0 Å². The first-order valence-corrected chi connectivity index (χ1v) is 5.68. The van der Waals surface area contributed by atoms with Crippen LogP contribution in [0.4, 0.5) is 0 Å². The first-order chi connectivity index (χ1) is 6.51. The van der Waals surface area contributed by atoms with Gasteiger partial charge in [-0.05, 0) is 52.4 Å². The standard InChI is InChI=1S/C12H24O2/c1-12(2,3)14-9-10-5-7-11(13-4)8-6-10/h10-11H,5-9H2,1-4H3. The number of methoxy groups -OCH3 is 1. The van der Waals surface area contributed by atoms with E-state index in [1.54, 1.807) is 0 Å². The predicted octanol–water partition coefficient (Wildman–Crippen LogP) is 3.01. The predicted molar refractivity (Wildman–Crippen MR) is 58.5 cm³/mol. The SMILES string of the molecule is COC1CCC(COC(C)(C)C)CC1. The van der Waals surface area contributed by atoms with Crippen LogP contribution in [0.15, 0.2) is 0 Å². The van der Waals surface area contributed by atoms with Gasteiger partial charge in [0.05, 0.1) is 18.3 Å². The highest BCUT2D eigenvalue weighted by Crippen LogP contribution is 2.27. The Morgan fingerprint density at radius 2 is 1.64 bits per heavy atom. The minimum Gasteiger partial charge on any atom is -0.381 e. The van der Waals surface area contributed by atoms with Gasteiger partial charge in [0.15, 0.2) is 0 Å². The lowest BCUT2D eigenvalue weighted by Gasteiger charge is -2.30. The molecule has 0 aromatic carbocycles. The van der Waals surface area contributed by atoms with Crippen molar-refractivity contribution in [1.29, 1.82) is 0 Å². The lowest BCUT2D eigenvalue weighted by Crippen LogP contribution is -2.27. The van der Waals surface area contributed by atoms with Crippen LogP contribution < -0.4 is 0 Å². The fraction of sp³-hybridized carbons (Fsp3) is 1.00. The Morgan fingerprint density at radius 1 is 1.07 bits per heavy atom. The first-order valence-electron chi connectivity index (χ1n) is 5.68. The van der Waals surface area contributed by atoms with Crippen LogP contribution in [0.1, 0.15) is 46.5 Å². The van der Waals surface area contributed by atoms with Gasteiger partial charge in [0.25, 0.3) is 0 Å². The highest BCUT2D eigenvalue weighted by molar-refractivity contribution is 4.73. The molecule has 0 amide bonds. The molecular weight excluding hydrogens is 176 g/mol. The zero-order chi connectivity index (χ0) is 10.6. The summed E-state index contributed by atoms with van der Waals surface area (Å²) in [5.41, 5.74) is 0.0120. The van der Waals surface area contributed by atoms with Gasteiger partial charge in [-0.15, -0.1) is 0 Å². The molecule has 0 aromatic heterocycles. The van der Waals surface area contributed by atoms with Crippen molar-refractivity contribution >= 4 is 0 Å². The Balaban J connectivity index is 2.16. The fourth-order valence-electron chi connectivity index (χ4n) is 1.90. The van der Waals surface area contributed by atoms with Gasteiger partial charge in [0.2, 0.25) is 0 Å². The number of hydrogen-bond acceptors (Lipinski definition) is 2.